The zero-order valence-corrected chi connectivity index (χ0v) is 19.3. The number of carbonyl (C=O) groups excluding carboxylic acids is 1. The number of rotatable bonds is 6. The summed E-state index contributed by atoms with van der Waals surface area (Å²) in [6, 6.07) is 18.7. The number of nitrogens with one attached hydrogen (secondary N) is 1. The number of thiazole rings is 1. The molecule has 0 saturated carbocycles. The van der Waals surface area contributed by atoms with E-state index in [1.807, 2.05) is 62.4 Å². The number of hydrogen-bond acceptors (Lipinski definition) is 4. The average molecular weight is 464 g/mol. The van der Waals surface area contributed by atoms with Crippen LogP contribution < -0.4 is 10.9 Å². The van der Waals surface area contributed by atoms with E-state index in [4.69, 9.17) is 11.6 Å². The second-order valence-electron chi connectivity index (χ2n) is 7.55. The summed E-state index contributed by atoms with van der Waals surface area (Å²) in [5, 5.41) is 4.28. The first-order valence-electron chi connectivity index (χ1n) is 10.2. The van der Waals surface area contributed by atoms with Crippen molar-refractivity contribution < 1.29 is 4.79 Å². The highest BCUT2D eigenvalue weighted by Gasteiger charge is 2.15. The first-order chi connectivity index (χ1) is 15.4. The number of aryl methyl sites for hydroxylation is 2. The van der Waals surface area contributed by atoms with Crippen LogP contribution in [-0.2, 0) is 13.1 Å². The lowest BCUT2D eigenvalue weighted by Gasteiger charge is -2.09. The minimum absolute atomic E-state index is 0.117. The van der Waals surface area contributed by atoms with Gasteiger partial charge < -0.3 is 9.88 Å². The van der Waals surface area contributed by atoms with Crippen molar-refractivity contribution in [2.24, 2.45) is 0 Å². The van der Waals surface area contributed by atoms with Crippen molar-refractivity contribution in [3.05, 3.63) is 109 Å². The molecule has 0 spiro atoms. The van der Waals surface area contributed by atoms with Gasteiger partial charge in [0.05, 0.1) is 18.8 Å². The Morgan fingerprint density at radius 3 is 2.62 bits per heavy atom. The monoisotopic (exact) mass is 463 g/mol. The Bertz CT molecular complexity index is 1330. The summed E-state index contributed by atoms with van der Waals surface area (Å²) in [5.41, 5.74) is 3.78. The largest absolute Gasteiger partial charge is 0.345 e. The number of benzene rings is 2. The van der Waals surface area contributed by atoms with Gasteiger partial charge in [-0.1, -0.05) is 53.6 Å². The fraction of sp³-hybridized carbons (Fsp3) is 0.160. The zero-order valence-electron chi connectivity index (χ0n) is 17.8. The molecule has 162 valence electrons. The van der Waals surface area contributed by atoms with Gasteiger partial charge in [0.25, 0.3) is 11.5 Å². The fourth-order valence-corrected chi connectivity index (χ4v) is 4.52. The van der Waals surface area contributed by atoms with Gasteiger partial charge in [0, 0.05) is 21.7 Å². The summed E-state index contributed by atoms with van der Waals surface area (Å²) in [6.07, 6.45) is 1.70. The van der Waals surface area contributed by atoms with Crippen LogP contribution in [0.3, 0.4) is 0 Å². The first kappa shape index (κ1) is 22.0. The lowest BCUT2D eigenvalue weighted by molar-refractivity contribution is 0.0948. The maximum absolute atomic E-state index is 12.9. The van der Waals surface area contributed by atoms with E-state index < -0.39 is 5.91 Å². The van der Waals surface area contributed by atoms with E-state index in [9.17, 15) is 9.59 Å². The number of pyridine rings is 1. The summed E-state index contributed by atoms with van der Waals surface area (Å²) in [4.78, 5) is 31.3. The Hall–Kier alpha value is -3.22. The molecule has 1 amide bonds. The molecule has 0 aliphatic heterocycles. The first-order valence-corrected chi connectivity index (χ1v) is 11.4. The predicted molar refractivity (Wildman–Crippen MR) is 129 cm³/mol. The van der Waals surface area contributed by atoms with Crippen molar-refractivity contribution in [2.45, 2.75) is 26.9 Å². The Labute approximate surface area is 195 Å². The fourth-order valence-electron chi connectivity index (χ4n) is 3.49. The standard InChI is InChI=1S/C25H22ClN3O2S/c1-16-5-3-6-18(13-16)15-29-12-4-7-21(25(29)31)24(30)27-14-22-28-23(17(2)32-22)19-8-10-20(26)11-9-19/h3-13H,14-15H2,1-2H3,(H,27,30). The lowest BCUT2D eigenvalue weighted by Crippen LogP contribution is -2.32. The Morgan fingerprint density at radius 2 is 1.88 bits per heavy atom. The van der Waals surface area contributed by atoms with Crippen LogP contribution in [0.1, 0.15) is 31.4 Å². The zero-order chi connectivity index (χ0) is 22.7. The SMILES string of the molecule is Cc1cccc(Cn2cccc(C(=O)NCc3nc(-c4ccc(Cl)cc4)c(C)s3)c2=O)c1. The molecule has 1 N–H and O–H groups in total. The minimum atomic E-state index is -0.408. The Balaban J connectivity index is 1.47. The molecule has 0 aliphatic rings. The van der Waals surface area contributed by atoms with Crippen LogP contribution in [0.5, 0.6) is 0 Å². The summed E-state index contributed by atoms with van der Waals surface area (Å²) in [6.45, 7) is 4.67. The number of carbonyl (C=O) groups is 1. The molecule has 0 aliphatic carbocycles. The van der Waals surface area contributed by atoms with Crippen molar-refractivity contribution in [3.63, 3.8) is 0 Å². The third-order valence-corrected chi connectivity index (χ3v) is 6.28. The van der Waals surface area contributed by atoms with Crippen LogP contribution in [0.25, 0.3) is 11.3 Å². The maximum atomic E-state index is 12.9. The molecule has 0 fully saturated rings. The van der Waals surface area contributed by atoms with Crippen molar-refractivity contribution in [3.8, 4) is 11.3 Å². The van der Waals surface area contributed by atoms with E-state index in [-0.39, 0.29) is 17.7 Å². The summed E-state index contributed by atoms with van der Waals surface area (Å²) in [7, 11) is 0. The highest BCUT2D eigenvalue weighted by Crippen LogP contribution is 2.28. The van der Waals surface area contributed by atoms with Gasteiger partial charge in [-0.05, 0) is 43.7 Å². The molecule has 32 heavy (non-hydrogen) atoms. The molecule has 2 aromatic heterocycles. The quantitative estimate of drug-likeness (QED) is 0.426. The number of nitrogens with zero attached hydrogens (tertiary/aromatic N) is 2. The van der Waals surface area contributed by atoms with Crippen LogP contribution in [0.15, 0.2) is 71.7 Å². The maximum Gasteiger partial charge on any atom is 0.263 e. The number of hydrogen-bond donors (Lipinski definition) is 1. The highest BCUT2D eigenvalue weighted by atomic mass is 35.5. The summed E-state index contributed by atoms with van der Waals surface area (Å²) < 4.78 is 1.55. The molecule has 4 rings (SSSR count). The van der Waals surface area contributed by atoms with Gasteiger partial charge in [-0.15, -0.1) is 11.3 Å². The molecule has 5 nitrogen and oxygen atoms in total. The Morgan fingerprint density at radius 1 is 1.09 bits per heavy atom. The van der Waals surface area contributed by atoms with Crippen molar-refractivity contribution >= 4 is 28.8 Å². The van der Waals surface area contributed by atoms with Crippen molar-refractivity contribution in [1.82, 2.24) is 14.9 Å². The van der Waals surface area contributed by atoms with Gasteiger partial charge in [-0.25, -0.2) is 4.98 Å². The third-order valence-electron chi connectivity index (χ3n) is 5.06. The predicted octanol–water partition coefficient (Wildman–Crippen LogP) is 5.22. The van der Waals surface area contributed by atoms with E-state index in [0.29, 0.717) is 11.6 Å². The van der Waals surface area contributed by atoms with E-state index in [2.05, 4.69) is 10.3 Å². The normalized spacial score (nSPS) is 10.8. The molecule has 2 aromatic carbocycles. The molecule has 0 saturated heterocycles. The molecule has 0 radical (unpaired) electrons. The summed E-state index contributed by atoms with van der Waals surface area (Å²) >= 11 is 7.49. The van der Waals surface area contributed by atoms with Crippen LogP contribution in [0.2, 0.25) is 5.02 Å². The van der Waals surface area contributed by atoms with Gasteiger partial charge >= 0.3 is 0 Å². The molecule has 0 unspecified atom stereocenters. The number of amides is 1. The highest BCUT2D eigenvalue weighted by molar-refractivity contribution is 7.12. The van der Waals surface area contributed by atoms with Crippen LogP contribution >= 0.6 is 22.9 Å². The van der Waals surface area contributed by atoms with Gasteiger partial charge in [-0.3, -0.25) is 9.59 Å². The van der Waals surface area contributed by atoms with E-state index in [0.717, 1.165) is 32.3 Å². The Kier molecular flexibility index (Phi) is 6.53. The smallest absolute Gasteiger partial charge is 0.263 e. The molecule has 2 heterocycles. The van der Waals surface area contributed by atoms with Gasteiger partial charge in [-0.2, -0.15) is 0 Å². The molecule has 0 atom stereocenters. The van der Waals surface area contributed by atoms with Gasteiger partial charge in [0.2, 0.25) is 0 Å². The lowest BCUT2D eigenvalue weighted by atomic mass is 10.1. The molecular formula is C25H22ClN3O2S. The number of halogens is 1. The van der Waals surface area contributed by atoms with Crippen molar-refractivity contribution in [2.75, 3.05) is 0 Å². The topological polar surface area (TPSA) is 64.0 Å². The second-order valence-corrected chi connectivity index (χ2v) is 9.27. The van der Waals surface area contributed by atoms with Crippen molar-refractivity contribution in [1.29, 1.82) is 0 Å². The van der Waals surface area contributed by atoms with Crippen LogP contribution in [-0.4, -0.2) is 15.5 Å². The van der Waals surface area contributed by atoms with E-state index >= 15 is 0 Å². The second kappa shape index (κ2) is 9.51. The molecule has 4 aromatic rings. The van der Waals surface area contributed by atoms with Gasteiger partial charge in [0.15, 0.2) is 0 Å². The van der Waals surface area contributed by atoms with Crippen LogP contribution in [0, 0.1) is 13.8 Å². The molecule has 0 bridgehead atoms. The number of aromatic nitrogens is 2. The van der Waals surface area contributed by atoms with Gasteiger partial charge in [0.1, 0.15) is 10.6 Å². The summed E-state index contributed by atoms with van der Waals surface area (Å²) in [5.74, 6) is -0.408. The molecular weight excluding hydrogens is 442 g/mol. The minimum Gasteiger partial charge on any atom is -0.345 e. The molecule has 7 heteroatoms. The third kappa shape index (κ3) is 4.98. The van der Waals surface area contributed by atoms with Crippen LogP contribution in [0.4, 0.5) is 0 Å². The van der Waals surface area contributed by atoms with E-state index in [1.165, 1.54) is 11.3 Å². The van der Waals surface area contributed by atoms with E-state index in [1.54, 1.807) is 22.9 Å². The average Bonchev–Trinajstić information content (AvgIpc) is 3.14.